The Bertz CT molecular complexity index is 1310. The number of halogens is 2. The fraction of sp³-hybridized carbons (Fsp3) is 0.136. The smallest absolute Gasteiger partial charge is 0.200 e. The third kappa shape index (κ3) is 3.14. The van der Waals surface area contributed by atoms with Crippen LogP contribution in [0.3, 0.4) is 0 Å². The lowest BCUT2D eigenvalue weighted by atomic mass is 10.1. The third-order valence-electron chi connectivity index (χ3n) is 4.93. The van der Waals surface area contributed by atoms with Crippen LogP contribution in [0.15, 0.2) is 48.5 Å². The van der Waals surface area contributed by atoms with Gasteiger partial charge in [0.15, 0.2) is 23.1 Å². The zero-order valence-corrected chi connectivity index (χ0v) is 16.4. The first-order valence-corrected chi connectivity index (χ1v) is 9.46. The minimum Gasteiger partial charge on any atom is -0.505 e. The van der Waals surface area contributed by atoms with Crippen molar-refractivity contribution in [3.63, 3.8) is 0 Å². The summed E-state index contributed by atoms with van der Waals surface area (Å²) in [6.45, 7) is 0.884. The van der Waals surface area contributed by atoms with Crippen molar-refractivity contribution < 1.29 is 28.1 Å². The van der Waals surface area contributed by atoms with Crippen molar-refractivity contribution in [1.29, 1.82) is 0 Å². The van der Waals surface area contributed by atoms with Crippen LogP contribution in [0.4, 0.5) is 20.3 Å². The van der Waals surface area contributed by atoms with E-state index in [2.05, 4.69) is 10.3 Å². The molecular formula is C22H17F2N3O4. The zero-order chi connectivity index (χ0) is 21.5. The van der Waals surface area contributed by atoms with Gasteiger partial charge in [0.2, 0.25) is 5.88 Å². The summed E-state index contributed by atoms with van der Waals surface area (Å²) in [5, 5.41) is 13.0. The molecule has 0 atom stereocenters. The maximum atomic E-state index is 14.8. The highest BCUT2D eigenvalue weighted by atomic mass is 19.1. The molecular weight excluding hydrogens is 408 g/mol. The topological polar surface area (TPSA) is 77.2 Å². The second-order valence-corrected chi connectivity index (χ2v) is 6.81. The minimum absolute atomic E-state index is 0.0229. The molecule has 1 aliphatic heterocycles. The Morgan fingerprint density at radius 1 is 1.06 bits per heavy atom. The number of phenolic OH excluding ortho intramolecular Hbond substituents is 1. The van der Waals surface area contributed by atoms with Gasteiger partial charge < -0.3 is 24.6 Å². The molecule has 0 saturated heterocycles. The van der Waals surface area contributed by atoms with Crippen LogP contribution in [-0.2, 0) is 0 Å². The molecule has 9 heteroatoms. The Kier molecular flexibility index (Phi) is 4.50. The summed E-state index contributed by atoms with van der Waals surface area (Å²) in [4.78, 5) is 4.41. The van der Waals surface area contributed by atoms with Crippen molar-refractivity contribution in [3.05, 3.63) is 60.2 Å². The van der Waals surface area contributed by atoms with Crippen LogP contribution in [0.2, 0.25) is 0 Å². The number of aromatic nitrogens is 2. The van der Waals surface area contributed by atoms with E-state index in [9.17, 15) is 13.9 Å². The number of hydrogen-bond donors (Lipinski definition) is 2. The number of imidazole rings is 1. The van der Waals surface area contributed by atoms with Gasteiger partial charge in [0.25, 0.3) is 0 Å². The first kappa shape index (κ1) is 19.0. The number of aromatic hydroxyl groups is 1. The number of pyridine rings is 1. The summed E-state index contributed by atoms with van der Waals surface area (Å²) in [5.41, 5.74) is 0.506. The number of hydrogen-bond acceptors (Lipinski definition) is 6. The lowest BCUT2D eigenvalue weighted by molar-refractivity contribution is 0.171. The minimum atomic E-state index is -1.10. The molecule has 0 amide bonds. The van der Waals surface area contributed by atoms with E-state index >= 15 is 0 Å². The van der Waals surface area contributed by atoms with Crippen LogP contribution in [-0.4, -0.2) is 34.8 Å². The highest BCUT2D eigenvalue weighted by Crippen LogP contribution is 2.40. The second-order valence-electron chi connectivity index (χ2n) is 6.81. The standard InChI is InChI=1S/C22H17F2N3O4/c1-29-18-4-2-3-17-26-21(19-13(23)6-7-14(28)20(19)24)22(27(17)18)25-12-5-8-15-16(11-12)31-10-9-30-15/h2-8,11,25,28H,9-10H2,1H3. The molecule has 0 aliphatic carbocycles. The zero-order valence-electron chi connectivity index (χ0n) is 16.4. The molecule has 31 heavy (non-hydrogen) atoms. The third-order valence-corrected chi connectivity index (χ3v) is 4.93. The van der Waals surface area contributed by atoms with Crippen LogP contribution in [0, 0.1) is 11.6 Å². The Morgan fingerprint density at radius 2 is 1.87 bits per heavy atom. The summed E-state index contributed by atoms with van der Waals surface area (Å²) in [5.74, 6) is -0.822. The monoisotopic (exact) mass is 425 g/mol. The molecule has 3 heterocycles. The van der Waals surface area contributed by atoms with Crippen LogP contribution in [0.1, 0.15) is 0 Å². The maximum absolute atomic E-state index is 14.8. The average Bonchev–Trinajstić information content (AvgIpc) is 3.14. The molecule has 1 aliphatic rings. The summed E-state index contributed by atoms with van der Waals surface area (Å²) < 4.78 is 47.6. The number of anilines is 2. The van der Waals surface area contributed by atoms with Gasteiger partial charge in [-0.1, -0.05) is 6.07 Å². The molecule has 2 aromatic heterocycles. The Hall–Kier alpha value is -4.01. The van der Waals surface area contributed by atoms with E-state index in [1.54, 1.807) is 40.8 Å². The van der Waals surface area contributed by atoms with E-state index in [4.69, 9.17) is 14.2 Å². The number of nitrogens with one attached hydrogen (secondary N) is 1. The fourth-order valence-corrected chi connectivity index (χ4v) is 3.53. The van der Waals surface area contributed by atoms with E-state index < -0.39 is 22.9 Å². The van der Waals surface area contributed by atoms with Crippen LogP contribution < -0.4 is 19.5 Å². The molecule has 0 spiro atoms. The molecule has 0 saturated carbocycles. The van der Waals surface area contributed by atoms with Crippen molar-refractivity contribution in [2.24, 2.45) is 0 Å². The molecule has 5 rings (SSSR count). The molecule has 7 nitrogen and oxygen atoms in total. The molecule has 2 aromatic carbocycles. The normalized spacial score (nSPS) is 12.7. The van der Waals surface area contributed by atoms with Gasteiger partial charge in [0.1, 0.15) is 36.2 Å². The molecule has 2 N–H and O–H groups in total. The predicted molar refractivity (Wildman–Crippen MR) is 109 cm³/mol. The van der Waals surface area contributed by atoms with E-state index in [1.165, 1.54) is 7.11 Å². The highest BCUT2D eigenvalue weighted by molar-refractivity contribution is 5.82. The lowest BCUT2D eigenvalue weighted by Gasteiger charge is -2.19. The fourth-order valence-electron chi connectivity index (χ4n) is 3.53. The summed E-state index contributed by atoms with van der Waals surface area (Å²) in [6, 6.07) is 12.3. The average molecular weight is 425 g/mol. The van der Waals surface area contributed by atoms with Crippen LogP contribution >= 0.6 is 0 Å². The molecule has 0 radical (unpaired) electrons. The quantitative estimate of drug-likeness (QED) is 0.501. The second kappa shape index (κ2) is 7.35. The SMILES string of the molecule is COc1cccc2nc(-c3c(F)ccc(O)c3F)c(Nc3ccc4c(c3)OCCO4)n12. The van der Waals surface area contributed by atoms with Crippen molar-refractivity contribution in [2.45, 2.75) is 0 Å². The molecule has 158 valence electrons. The number of nitrogens with zero attached hydrogens (tertiary/aromatic N) is 2. The van der Waals surface area contributed by atoms with Gasteiger partial charge in [-0.2, -0.15) is 0 Å². The van der Waals surface area contributed by atoms with Gasteiger partial charge in [-0.15, -0.1) is 0 Å². The van der Waals surface area contributed by atoms with Crippen molar-refractivity contribution in [3.8, 4) is 34.4 Å². The molecule has 4 aromatic rings. The largest absolute Gasteiger partial charge is 0.505 e. The van der Waals surface area contributed by atoms with Gasteiger partial charge in [-0.3, -0.25) is 0 Å². The van der Waals surface area contributed by atoms with Crippen LogP contribution in [0.25, 0.3) is 16.9 Å². The summed E-state index contributed by atoms with van der Waals surface area (Å²) in [7, 11) is 1.48. The molecule has 0 fully saturated rings. The first-order chi connectivity index (χ1) is 15.1. The Morgan fingerprint density at radius 3 is 2.68 bits per heavy atom. The molecule has 0 unspecified atom stereocenters. The number of fused-ring (bicyclic) bond motifs is 2. The van der Waals surface area contributed by atoms with E-state index in [-0.39, 0.29) is 11.5 Å². The summed E-state index contributed by atoms with van der Waals surface area (Å²) in [6.07, 6.45) is 0. The number of phenols is 1. The van der Waals surface area contributed by atoms with Crippen molar-refractivity contribution in [2.75, 3.05) is 25.6 Å². The maximum Gasteiger partial charge on any atom is 0.200 e. The van der Waals surface area contributed by atoms with Crippen LogP contribution in [0.5, 0.6) is 23.1 Å². The molecule has 0 bridgehead atoms. The van der Waals surface area contributed by atoms with Gasteiger partial charge in [-0.25, -0.2) is 18.2 Å². The van der Waals surface area contributed by atoms with E-state index in [0.29, 0.717) is 41.9 Å². The number of ether oxygens (including phenoxy) is 3. The van der Waals surface area contributed by atoms with E-state index in [1.807, 2.05) is 0 Å². The highest BCUT2D eigenvalue weighted by Gasteiger charge is 2.25. The predicted octanol–water partition coefficient (Wildman–Crippen LogP) is 4.51. The number of methoxy groups -OCH3 is 1. The Labute approximate surface area is 175 Å². The van der Waals surface area contributed by atoms with Gasteiger partial charge in [-0.05, 0) is 36.4 Å². The van der Waals surface area contributed by atoms with Gasteiger partial charge >= 0.3 is 0 Å². The van der Waals surface area contributed by atoms with E-state index in [0.717, 1.165) is 12.1 Å². The first-order valence-electron chi connectivity index (χ1n) is 9.46. The van der Waals surface area contributed by atoms with Crippen molar-refractivity contribution in [1.82, 2.24) is 9.38 Å². The number of benzene rings is 2. The van der Waals surface area contributed by atoms with Gasteiger partial charge in [0, 0.05) is 11.8 Å². The Balaban J connectivity index is 1.73. The van der Waals surface area contributed by atoms with Gasteiger partial charge in [0.05, 0.1) is 12.7 Å². The summed E-state index contributed by atoms with van der Waals surface area (Å²) >= 11 is 0. The lowest BCUT2D eigenvalue weighted by Crippen LogP contribution is -2.15. The van der Waals surface area contributed by atoms with Crippen molar-refractivity contribution >= 4 is 17.2 Å². The number of rotatable bonds is 4.